The first kappa shape index (κ1) is 12.4. The first-order valence-electron chi connectivity index (χ1n) is 7.20. The molecule has 94 valence electrons. The van der Waals surface area contributed by atoms with Crippen molar-refractivity contribution in [3.05, 3.63) is 0 Å². The van der Waals surface area contributed by atoms with Crippen LogP contribution in [0, 0.1) is 29.1 Å². The molecule has 0 saturated heterocycles. The van der Waals surface area contributed by atoms with Crippen LogP contribution in [-0.4, -0.2) is 11.7 Å². The van der Waals surface area contributed by atoms with Gasteiger partial charge in [-0.05, 0) is 48.3 Å². The predicted molar refractivity (Wildman–Crippen MR) is 68.2 cm³/mol. The van der Waals surface area contributed by atoms with Crippen molar-refractivity contribution in [1.29, 1.82) is 0 Å². The van der Waals surface area contributed by atoms with Crippen molar-refractivity contribution in [1.82, 2.24) is 0 Å². The van der Waals surface area contributed by atoms with Crippen LogP contribution in [0.5, 0.6) is 0 Å². The van der Waals surface area contributed by atoms with Crippen molar-refractivity contribution in [2.24, 2.45) is 29.1 Å². The van der Waals surface area contributed by atoms with Gasteiger partial charge in [-0.3, -0.25) is 0 Å². The van der Waals surface area contributed by atoms with Crippen molar-refractivity contribution in [2.45, 2.75) is 59.3 Å². The Morgan fingerprint density at radius 3 is 2.56 bits per heavy atom. The summed E-state index contributed by atoms with van der Waals surface area (Å²) in [5, 5.41) is 9.31. The summed E-state index contributed by atoms with van der Waals surface area (Å²) in [5.41, 5.74) is 0.526. The summed E-state index contributed by atoms with van der Waals surface area (Å²) < 4.78 is 0. The largest absolute Gasteiger partial charge is 0.396 e. The maximum Gasteiger partial charge on any atom is 0.0433 e. The van der Waals surface area contributed by atoms with Gasteiger partial charge in [0.05, 0.1) is 0 Å². The van der Waals surface area contributed by atoms with E-state index in [0.717, 1.165) is 30.1 Å². The average Bonchev–Trinajstić information content (AvgIpc) is 2.23. The van der Waals surface area contributed by atoms with Gasteiger partial charge in [-0.1, -0.05) is 40.0 Å². The summed E-state index contributed by atoms with van der Waals surface area (Å²) in [7, 11) is 0. The zero-order valence-electron chi connectivity index (χ0n) is 11.2. The average molecular weight is 224 g/mol. The summed E-state index contributed by atoms with van der Waals surface area (Å²) in [4.78, 5) is 0. The SMILES string of the molecule is C[C@H]1CCC[C@@]2(C)C1CC[C@H](C)[C@@H]2CCO. The highest BCUT2D eigenvalue weighted by atomic mass is 16.3. The van der Waals surface area contributed by atoms with E-state index in [-0.39, 0.29) is 0 Å². The maximum absolute atomic E-state index is 9.31. The Morgan fingerprint density at radius 2 is 1.88 bits per heavy atom. The summed E-state index contributed by atoms with van der Waals surface area (Å²) in [6.07, 6.45) is 8.08. The highest BCUT2D eigenvalue weighted by Gasteiger charge is 2.49. The van der Waals surface area contributed by atoms with Gasteiger partial charge in [0.1, 0.15) is 0 Å². The molecule has 0 radical (unpaired) electrons. The van der Waals surface area contributed by atoms with E-state index < -0.39 is 0 Å². The van der Waals surface area contributed by atoms with E-state index in [4.69, 9.17) is 0 Å². The molecule has 0 bridgehead atoms. The van der Waals surface area contributed by atoms with Crippen LogP contribution in [0.4, 0.5) is 0 Å². The Balaban J connectivity index is 2.21. The van der Waals surface area contributed by atoms with Crippen LogP contribution >= 0.6 is 0 Å². The minimum absolute atomic E-state index is 0.381. The quantitative estimate of drug-likeness (QED) is 0.755. The zero-order valence-corrected chi connectivity index (χ0v) is 11.2. The van der Waals surface area contributed by atoms with Crippen molar-refractivity contribution in [2.75, 3.05) is 6.61 Å². The number of rotatable bonds is 2. The number of aliphatic hydroxyl groups excluding tert-OH is 1. The molecule has 16 heavy (non-hydrogen) atoms. The van der Waals surface area contributed by atoms with Gasteiger partial charge in [0, 0.05) is 6.61 Å². The van der Waals surface area contributed by atoms with Gasteiger partial charge in [0.2, 0.25) is 0 Å². The highest BCUT2D eigenvalue weighted by molar-refractivity contribution is 4.98. The molecule has 2 fully saturated rings. The normalized spacial score (nSPS) is 48.8. The van der Waals surface area contributed by atoms with Crippen molar-refractivity contribution in [3.63, 3.8) is 0 Å². The number of hydrogen-bond donors (Lipinski definition) is 1. The van der Waals surface area contributed by atoms with E-state index in [0.29, 0.717) is 12.0 Å². The summed E-state index contributed by atoms with van der Waals surface area (Å²) in [6, 6.07) is 0. The summed E-state index contributed by atoms with van der Waals surface area (Å²) in [6.45, 7) is 7.75. The van der Waals surface area contributed by atoms with E-state index in [1.807, 2.05) is 0 Å². The lowest BCUT2D eigenvalue weighted by atomic mass is 9.50. The molecule has 0 amide bonds. The molecule has 1 unspecified atom stereocenters. The van der Waals surface area contributed by atoms with Crippen molar-refractivity contribution in [3.8, 4) is 0 Å². The molecule has 0 spiro atoms. The molecular weight excluding hydrogens is 196 g/mol. The molecule has 1 heteroatoms. The molecule has 0 aromatic carbocycles. The zero-order chi connectivity index (χ0) is 11.8. The van der Waals surface area contributed by atoms with E-state index in [9.17, 15) is 5.11 Å². The predicted octanol–water partition coefficient (Wildman–Crippen LogP) is 3.86. The lowest BCUT2D eigenvalue weighted by Gasteiger charge is -2.55. The van der Waals surface area contributed by atoms with Crippen LogP contribution in [0.15, 0.2) is 0 Å². The van der Waals surface area contributed by atoms with E-state index in [2.05, 4.69) is 20.8 Å². The molecule has 0 aliphatic heterocycles. The second-order valence-corrected chi connectivity index (χ2v) is 6.66. The molecule has 5 atom stereocenters. The number of fused-ring (bicyclic) bond motifs is 1. The molecule has 2 aliphatic rings. The van der Waals surface area contributed by atoms with Crippen LogP contribution in [-0.2, 0) is 0 Å². The first-order valence-corrected chi connectivity index (χ1v) is 7.20. The Labute approximate surface area is 101 Å². The number of aliphatic hydroxyl groups is 1. The Bertz CT molecular complexity index is 238. The minimum atomic E-state index is 0.381. The minimum Gasteiger partial charge on any atom is -0.396 e. The molecule has 0 aromatic heterocycles. The van der Waals surface area contributed by atoms with Gasteiger partial charge in [-0.2, -0.15) is 0 Å². The molecular formula is C15H28O. The van der Waals surface area contributed by atoms with Crippen LogP contribution < -0.4 is 0 Å². The Morgan fingerprint density at radius 1 is 1.12 bits per heavy atom. The van der Waals surface area contributed by atoms with E-state index >= 15 is 0 Å². The van der Waals surface area contributed by atoms with Crippen LogP contribution in [0.2, 0.25) is 0 Å². The lowest BCUT2D eigenvalue weighted by molar-refractivity contribution is -0.0644. The fraction of sp³-hybridized carbons (Fsp3) is 1.00. The molecule has 2 rings (SSSR count). The Hall–Kier alpha value is -0.0400. The van der Waals surface area contributed by atoms with Gasteiger partial charge in [-0.15, -0.1) is 0 Å². The summed E-state index contributed by atoms with van der Waals surface area (Å²) in [5.74, 6) is 3.42. The van der Waals surface area contributed by atoms with Crippen molar-refractivity contribution < 1.29 is 5.11 Å². The molecule has 2 aliphatic carbocycles. The van der Waals surface area contributed by atoms with Crippen LogP contribution in [0.3, 0.4) is 0 Å². The summed E-state index contributed by atoms with van der Waals surface area (Å²) >= 11 is 0. The van der Waals surface area contributed by atoms with Gasteiger partial charge in [0.25, 0.3) is 0 Å². The number of hydrogen-bond acceptors (Lipinski definition) is 1. The van der Waals surface area contributed by atoms with Gasteiger partial charge in [0.15, 0.2) is 0 Å². The highest BCUT2D eigenvalue weighted by Crippen LogP contribution is 2.57. The van der Waals surface area contributed by atoms with Crippen molar-refractivity contribution >= 4 is 0 Å². The molecule has 1 nitrogen and oxygen atoms in total. The topological polar surface area (TPSA) is 20.2 Å². The van der Waals surface area contributed by atoms with Gasteiger partial charge >= 0.3 is 0 Å². The first-order chi connectivity index (χ1) is 7.59. The van der Waals surface area contributed by atoms with Gasteiger partial charge in [-0.25, -0.2) is 0 Å². The fourth-order valence-corrected chi connectivity index (χ4v) is 4.96. The lowest BCUT2D eigenvalue weighted by Crippen LogP contribution is -2.47. The third kappa shape index (κ3) is 1.92. The van der Waals surface area contributed by atoms with Gasteiger partial charge < -0.3 is 5.11 Å². The van der Waals surface area contributed by atoms with Crippen LogP contribution in [0.1, 0.15) is 59.3 Å². The van der Waals surface area contributed by atoms with Crippen LogP contribution in [0.25, 0.3) is 0 Å². The maximum atomic E-state index is 9.31. The second kappa shape index (κ2) is 4.68. The third-order valence-electron chi connectivity index (χ3n) is 5.82. The van der Waals surface area contributed by atoms with E-state index in [1.165, 1.54) is 32.1 Å². The monoisotopic (exact) mass is 224 g/mol. The standard InChI is InChI=1S/C15H28O/c1-11-5-4-9-15(3)13(11)7-6-12(2)14(15)8-10-16/h11-14,16H,4-10H2,1-3H3/t11-,12-,13?,14-,15-/m0/s1. The Kier molecular flexibility index (Phi) is 3.63. The third-order valence-corrected chi connectivity index (χ3v) is 5.82. The molecule has 1 N–H and O–H groups in total. The molecule has 0 aromatic rings. The molecule has 2 saturated carbocycles. The van der Waals surface area contributed by atoms with E-state index in [1.54, 1.807) is 0 Å². The fourth-order valence-electron chi connectivity index (χ4n) is 4.96. The second-order valence-electron chi connectivity index (χ2n) is 6.66. The molecule has 0 heterocycles. The smallest absolute Gasteiger partial charge is 0.0433 e.